The minimum absolute atomic E-state index is 0.0979. The predicted molar refractivity (Wildman–Crippen MR) is 516 cm³/mol. The molecule has 0 heterocycles. The summed E-state index contributed by atoms with van der Waals surface area (Å²) in [4.78, 5) is 0. The van der Waals surface area contributed by atoms with E-state index in [0.717, 1.165) is 0 Å². The van der Waals surface area contributed by atoms with Gasteiger partial charge in [-0.25, -0.2) is 0 Å². The van der Waals surface area contributed by atoms with Gasteiger partial charge < -0.3 is 0 Å². The van der Waals surface area contributed by atoms with Crippen molar-refractivity contribution < 1.29 is 0 Å². The van der Waals surface area contributed by atoms with Crippen molar-refractivity contribution in [2.24, 2.45) is 0 Å². The molecule has 7 aliphatic rings. The smallest absolute Gasteiger partial charge is 0.0642 e. The Labute approximate surface area is 721 Å². The molecule has 0 N–H and O–H groups in total. The summed E-state index contributed by atoms with van der Waals surface area (Å²) in [5.41, 5.74) is 43.8. The van der Waals surface area contributed by atoms with Crippen molar-refractivity contribution in [1.29, 1.82) is 0 Å². The van der Waals surface area contributed by atoms with Crippen molar-refractivity contribution >= 4 is 21.5 Å². The lowest BCUT2D eigenvalue weighted by atomic mass is 9.65. The van der Waals surface area contributed by atoms with Crippen LogP contribution in [-0.2, 0) is 32.5 Å². The zero-order valence-electron chi connectivity index (χ0n) is 73.3. The van der Waals surface area contributed by atoms with Crippen molar-refractivity contribution in [2.45, 2.75) is 186 Å². The van der Waals surface area contributed by atoms with Crippen molar-refractivity contribution in [2.75, 3.05) is 0 Å². The van der Waals surface area contributed by atoms with E-state index >= 15 is 0 Å². The third kappa shape index (κ3) is 13.7. The third-order valence-electron chi connectivity index (χ3n) is 29.3. The second kappa shape index (κ2) is 32.5. The van der Waals surface area contributed by atoms with Crippen LogP contribution in [0.25, 0.3) is 77.2 Å². The van der Waals surface area contributed by atoms with Crippen LogP contribution in [0.2, 0.25) is 0 Å². The molecule has 0 unspecified atom stereocenters. The number of hydrogen-bond donors (Lipinski definition) is 0. The summed E-state index contributed by atoms with van der Waals surface area (Å²) in [5.74, 6) is 0. The van der Waals surface area contributed by atoms with Crippen LogP contribution in [0.1, 0.15) is 223 Å². The third-order valence-corrected chi connectivity index (χ3v) is 29.3. The quantitative estimate of drug-likeness (QED) is 0.146. The van der Waals surface area contributed by atoms with Gasteiger partial charge in [-0.2, -0.15) is 0 Å². The molecule has 23 rings (SSSR count). The lowest BCUT2D eigenvalue weighted by Crippen LogP contribution is -2.30. The molecule has 0 heteroatoms. The standard InChI is InChI=1S/C26H22.2C20H18.C19H20.C18H18.C18H20/c1-21-17-19-25(20-18-21)26(22-11-5-2-6-12-22,23-13-7-3-8-14-23)24-15-9-4-10-16-24;1-13-12-18-19(15-9-5-4-8-14(13)15)16-10-6-7-11-17(16)20(18,2)3;1-13-8-10-16-18(12-13)20(2,3)17-11-9-14-6-4-5-7-15(14)19(16)17;1-14-9-10-16-15-7-3-4-8-17(15)19(18(16)13-14)11-5-2-6-12-19;1-13-8-9-15-14-6-2-3-7-16(14)18(17(15)12-13)10-4-5-11-18;1-4-18(5-2)16-9-7-6-8-14(16)15-11-10-13(3)12-17(15)18/h2-20H,1H3;2*4-12H,1-3H3;3-4,7-10,13H,2,5-6,11-12H2,1H3;2-3,6-9,12H,4-5,10-11H2,1H3;6-12H,4-5H2,1-3H3. The molecule has 2 saturated carbocycles. The first-order valence-corrected chi connectivity index (χ1v) is 45.0. The maximum absolute atomic E-state index is 2.45. The van der Waals surface area contributed by atoms with Gasteiger partial charge in [0, 0.05) is 27.1 Å². The first-order valence-electron chi connectivity index (χ1n) is 45.0. The van der Waals surface area contributed by atoms with Gasteiger partial charge in [-0.3, -0.25) is 0 Å². The van der Waals surface area contributed by atoms with Gasteiger partial charge >= 0.3 is 0 Å². The monoisotopic (exact) mass is 1570 g/mol. The minimum Gasteiger partial charge on any atom is -0.0642 e. The lowest BCUT2D eigenvalue weighted by Gasteiger charge is -2.36. The largest absolute Gasteiger partial charge is 0.0701 e. The van der Waals surface area contributed by atoms with Crippen LogP contribution >= 0.6 is 0 Å². The summed E-state index contributed by atoms with van der Waals surface area (Å²) in [7, 11) is 0. The average molecular weight is 1570 g/mol. The van der Waals surface area contributed by atoms with E-state index in [9.17, 15) is 0 Å². The van der Waals surface area contributed by atoms with Gasteiger partial charge in [-0.1, -0.05) is 453 Å². The Kier molecular flexibility index (Phi) is 21.5. The fraction of sp³-hybridized carbons (Fsp3) is 0.240. The molecule has 600 valence electrons. The highest BCUT2D eigenvalue weighted by Gasteiger charge is 2.47. The molecule has 0 saturated heterocycles. The molecule has 7 aliphatic carbocycles. The molecule has 0 bridgehead atoms. The molecule has 2 fully saturated rings. The number of rotatable bonds is 6. The van der Waals surface area contributed by atoms with E-state index in [2.05, 4.69) is 435 Å². The van der Waals surface area contributed by atoms with Crippen LogP contribution in [0.5, 0.6) is 0 Å². The van der Waals surface area contributed by atoms with Crippen LogP contribution in [0, 0.1) is 41.5 Å². The number of hydrogen-bond acceptors (Lipinski definition) is 0. The molecule has 0 aliphatic heterocycles. The first kappa shape index (κ1) is 80.1. The van der Waals surface area contributed by atoms with Gasteiger partial charge in [0.1, 0.15) is 0 Å². The van der Waals surface area contributed by atoms with E-state index < -0.39 is 0 Å². The fourth-order valence-electron chi connectivity index (χ4n) is 23.2. The highest BCUT2D eigenvalue weighted by atomic mass is 14.5. The van der Waals surface area contributed by atoms with Crippen LogP contribution in [0.15, 0.2) is 352 Å². The second-order valence-electron chi connectivity index (χ2n) is 36.9. The normalized spacial score (nSPS) is 15.5. The van der Waals surface area contributed by atoms with E-state index in [0.29, 0.717) is 10.8 Å². The molecule has 0 nitrogen and oxygen atoms in total. The van der Waals surface area contributed by atoms with Crippen LogP contribution in [-0.4, -0.2) is 0 Å². The van der Waals surface area contributed by atoms with Gasteiger partial charge in [-0.05, 0) is 241 Å². The molecule has 0 atom stereocenters. The summed E-state index contributed by atoms with van der Waals surface area (Å²) < 4.78 is 0. The zero-order valence-corrected chi connectivity index (χ0v) is 73.3. The molecule has 0 amide bonds. The molecule has 0 radical (unpaired) electrons. The second-order valence-corrected chi connectivity index (χ2v) is 36.9. The van der Waals surface area contributed by atoms with Crippen LogP contribution in [0.3, 0.4) is 0 Å². The zero-order chi connectivity index (χ0) is 83.4. The number of benzene rings is 16. The van der Waals surface area contributed by atoms with Crippen LogP contribution < -0.4 is 0 Å². The molecule has 2 spiro atoms. The maximum Gasteiger partial charge on any atom is 0.0701 e. The number of aryl methyl sites for hydroxylation is 6. The Balaban J connectivity index is 0.0000000998. The van der Waals surface area contributed by atoms with Crippen molar-refractivity contribution in [3.63, 3.8) is 0 Å². The molecule has 121 heavy (non-hydrogen) atoms. The van der Waals surface area contributed by atoms with Crippen molar-refractivity contribution in [3.8, 4) is 55.6 Å². The van der Waals surface area contributed by atoms with Crippen LogP contribution in [0.4, 0.5) is 0 Å². The topological polar surface area (TPSA) is 0 Å². The molecule has 16 aromatic rings. The Bertz CT molecular complexity index is 6310. The van der Waals surface area contributed by atoms with Gasteiger partial charge in [0.25, 0.3) is 0 Å². The Morgan fingerprint density at radius 1 is 0.231 bits per heavy atom. The summed E-state index contributed by atoms with van der Waals surface area (Å²) in [6.45, 7) is 27.2. The van der Waals surface area contributed by atoms with Crippen molar-refractivity contribution in [1.82, 2.24) is 0 Å². The Morgan fingerprint density at radius 2 is 0.570 bits per heavy atom. The van der Waals surface area contributed by atoms with E-state index in [1.165, 1.54) is 237 Å². The van der Waals surface area contributed by atoms with Gasteiger partial charge in [0.05, 0.1) is 5.41 Å². The minimum atomic E-state index is -0.336. The fourth-order valence-corrected chi connectivity index (χ4v) is 23.2. The van der Waals surface area contributed by atoms with Gasteiger partial charge in [0.15, 0.2) is 0 Å². The average Bonchev–Trinajstić information content (AvgIpc) is 1.64. The van der Waals surface area contributed by atoms with Gasteiger partial charge in [-0.15, -0.1) is 0 Å². The summed E-state index contributed by atoms with van der Waals surface area (Å²) in [6.07, 6.45) is 14.6. The molecule has 16 aromatic carbocycles. The Morgan fingerprint density at radius 3 is 1.07 bits per heavy atom. The Hall–Kier alpha value is -12.0. The lowest BCUT2D eigenvalue weighted by molar-refractivity contribution is 0.352. The molecular formula is C121H116. The van der Waals surface area contributed by atoms with E-state index in [1.807, 2.05) is 0 Å². The molecule has 0 aromatic heterocycles. The van der Waals surface area contributed by atoms with E-state index in [-0.39, 0.29) is 21.7 Å². The van der Waals surface area contributed by atoms with Gasteiger partial charge in [0.2, 0.25) is 0 Å². The maximum atomic E-state index is 2.45. The highest BCUT2D eigenvalue weighted by molar-refractivity contribution is 6.05. The predicted octanol–water partition coefficient (Wildman–Crippen LogP) is 32.4. The summed E-state index contributed by atoms with van der Waals surface area (Å²) >= 11 is 0. The summed E-state index contributed by atoms with van der Waals surface area (Å²) in [5, 5.41) is 5.47. The first-order chi connectivity index (χ1) is 58.9. The summed E-state index contributed by atoms with van der Waals surface area (Å²) in [6, 6.07) is 130. The van der Waals surface area contributed by atoms with Crippen molar-refractivity contribution in [3.05, 3.63) is 463 Å². The molecular weight excluding hydrogens is 1450 g/mol. The SMILES string of the molecule is CCC1(CC)c2ccccc2-c2ccc(C)cc21.Cc1cc2c(c3ccccc13)-c1ccccc1C2(C)C.Cc1ccc(C(c2ccccc2)(c2ccccc2)c2ccccc2)cc1.Cc1ccc2c(c1)C(C)(C)c1ccc3ccccc3c1-2.Cc1ccc2c(c1)C1(CCCC1)c1ccccc1-2.Cc1ccc2c(c1)C1(CCCCC1)c1ccccc1-2. The van der Waals surface area contributed by atoms with E-state index in [1.54, 1.807) is 22.3 Å². The highest BCUT2D eigenvalue weighted by Crippen LogP contribution is 2.60. The number of fused-ring (bicyclic) bond motifs is 23. The van der Waals surface area contributed by atoms with E-state index in [4.69, 9.17) is 0 Å².